The average Bonchev–Trinajstić information content (AvgIpc) is 2.52. The first-order valence-corrected chi connectivity index (χ1v) is 3.79. The van der Waals surface area contributed by atoms with E-state index in [2.05, 4.69) is 11.1 Å². The summed E-state index contributed by atoms with van der Waals surface area (Å²) in [6.45, 7) is 0. The van der Waals surface area contributed by atoms with Crippen LogP contribution in [0.5, 0.6) is 0 Å². The van der Waals surface area contributed by atoms with Crippen molar-refractivity contribution in [2.75, 3.05) is 0 Å². The molecular formula is C9H7BN2. The summed E-state index contributed by atoms with van der Waals surface area (Å²) in [7, 11) is 2.01. The number of hydrogen-bond donors (Lipinski definition) is 1. The molecule has 56 valence electrons. The van der Waals surface area contributed by atoms with Gasteiger partial charge in [-0.2, -0.15) is 5.26 Å². The number of aromatic nitrogens is 1. The van der Waals surface area contributed by atoms with Crippen LogP contribution in [0.4, 0.5) is 0 Å². The first-order valence-electron chi connectivity index (χ1n) is 3.79. The molecule has 0 radical (unpaired) electrons. The van der Waals surface area contributed by atoms with Crippen molar-refractivity contribution in [3.8, 4) is 6.07 Å². The Morgan fingerprint density at radius 1 is 1.42 bits per heavy atom. The molecule has 0 aliphatic heterocycles. The lowest BCUT2D eigenvalue weighted by atomic mass is 9.91. The Balaban J connectivity index is 2.86. The second-order valence-electron chi connectivity index (χ2n) is 2.84. The fourth-order valence-electron chi connectivity index (χ4n) is 1.42. The van der Waals surface area contributed by atoms with Gasteiger partial charge in [0.05, 0.1) is 11.6 Å². The van der Waals surface area contributed by atoms with Gasteiger partial charge in [-0.05, 0) is 17.5 Å². The van der Waals surface area contributed by atoms with E-state index in [0.29, 0.717) is 5.56 Å². The number of benzene rings is 1. The normalized spacial score (nSPS) is 9.92. The van der Waals surface area contributed by atoms with Gasteiger partial charge < -0.3 is 4.98 Å². The highest BCUT2D eigenvalue weighted by atomic mass is 14.7. The van der Waals surface area contributed by atoms with Crippen molar-refractivity contribution in [1.82, 2.24) is 4.98 Å². The molecule has 1 aromatic heterocycles. The number of nitriles is 1. The van der Waals surface area contributed by atoms with Crippen molar-refractivity contribution < 1.29 is 0 Å². The first kappa shape index (κ1) is 6.99. The molecule has 3 heteroatoms. The Kier molecular flexibility index (Phi) is 1.41. The Hall–Kier alpha value is -1.69. The largest absolute Gasteiger partial charge is 0.361 e. The first-order chi connectivity index (χ1) is 5.81. The molecule has 2 rings (SSSR count). The molecule has 2 aromatic rings. The maximum atomic E-state index is 8.70. The minimum Gasteiger partial charge on any atom is -0.361 e. The van der Waals surface area contributed by atoms with E-state index >= 15 is 0 Å². The Labute approximate surface area is 71.2 Å². The van der Waals surface area contributed by atoms with Crippen molar-refractivity contribution >= 4 is 24.2 Å². The highest BCUT2D eigenvalue weighted by Gasteiger charge is 1.99. The summed E-state index contributed by atoms with van der Waals surface area (Å²) in [5, 5.41) is 9.88. The Morgan fingerprint density at radius 3 is 3.00 bits per heavy atom. The number of rotatable bonds is 0. The molecule has 1 aromatic carbocycles. The van der Waals surface area contributed by atoms with Crippen LogP contribution in [0.15, 0.2) is 24.4 Å². The molecule has 0 bridgehead atoms. The lowest BCUT2D eigenvalue weighted by molar-refractivity contribution is 1.46. The summed E-state index contributed by atoms with van der Waals surface area (Å²) < 4.78 is 0. The van der Waals surface area contributed by atoms with E-state index in [0.717, 1.165) is 11.0 Å². The van der Waals surface area contributed by atoms with Crippen molar-refractivity contribution in [2.45, 2.75) is 0 Å². The van der Waals surface area contributed by atoms with Gasteiger partial charge in [0.2, 0.25) is 0 Å². The molecule has 0 aliphatic rings. The third kappa shape index (κ3) is 0.893. The van der Waals surface area contributed by atoms with Crippen LogP contribution in [0.1, 0.15) is 5.56 Å². The number of fused-ring (bicyclic) bond motifs is 1. The van der Waals surface area contributed by atoms with Crippen LogP contribution in [0.2, 0.25) is 0 Å². The number of nitrogens with zero attached hydrogens (tertiary/aromatic N) is 1. The van der Waals surface area contributed by atoms with Crippen LogP contribution in [0.3, 0.4) is 0 Å². The van der Waals surface area contributed by atoms with Gasteiger partial charge in [0.15, 0.2) is 0 Å². The monoisotopic (exact) mass is 154 g/mol. The van der Waals surface area contributed by atoms with Gasteiger partial charge >= 0.3 is 0 Å². The zero-order chi connectivity index (χ0) is 8.55. The van der Waals surface area contributed by atoms with Crippen molar-refractivity contribution in [1.29, 1.82) is 5.26 Å². The lowest BCUT2D eigenvalue weighted by Crippen LogP contribution is -2.03. The quantitative estimate of drug-likeness (QED) is 0.544. The molecule has 0 saturated heterocycles. The topological polar surface area (TPSA) is 39.6 Å². The second-order valence-corrected chi connectivity index (χ2v) is 2.84. The summed E-state index contributed by atoms with van der Waals surface area (Å²) in [5.74, 6) is 0. The van der Waals surface area contributed by atoms with E-state index in [1.807, 2.05) is 32.2 Å². The maximum Gasteiger partial charge on any atom is 0.140 e. The van der Waals surface area contributed by atoms with Crippen LogP contribution >= 0.6 is 0 Å². The summed E-state index contributed by atoms with van der Waals surface area (Å²) in [5.41, 5.74) is 2.89. The van der Waals surface area contributed by atoms with E-state index < -0.39 is 0 Å². The second kappa shape index (κ2) is 2.42. The zero-order valence-electron chi connectivity index (χ0n) is 6.76. The highest BCUT2D eigenvalue weighted by Crippen LogP contribution is 2.10. The van der Waals surface area contributed by atoms with Gasteiger partial charge in [-0.25, -0.2) is 0 Å². The standard InChI is InChI=1S/C9H7BN2/c10-8-3-6(5-11)4-9-7(8)1-2-12-9/h1-4,12H,10H2. The fraction of sp³-hybridized carbons (Fsp3) is 0. The number of H-pyrrole nitrogens is 1. The third-order valence-corrected chi connectivity index (χ3v) is 2.00. The predicted molar refractivity (Wildman–Crippen MR) is 51.2 cm³/mol. The number of hydrogen-bond acceptors (Lipinski definition) is 1. The summed E-state index contributed by atoms with van der Waals surface area (Å²) in [6, 6.07) is 7.91. The van der Waals surface area contributed by atoms with Crippen molar-refractivity contribution in [3.05, 3.63) is 30.0 Å². The number of aromatic amines is 1. The molecule has 0 saturated carbocycles. The molecule has 0 unspecified atom stereocenters. The summed E-state index contributed by atoms with van der Waals surface area (Å²) >= 11 is 0. The molecule has 12 heavy (non-hydrogen) atoms. The van der Waals surface area contributed by atoms with E-state index in [1.54, 1.807) is 0 Å². The zero-order valence-corrected chi connectivity index (χ0v) is 6.76. The average molecular weight is 154 g/mol. The van der Waals surface area contributed by atoms with Gasteiger partial charge in [0.1, 0.15) is 7.85 Å². The lowest BCUT2D eigenvalue weighted by Gasteiger charge is -1.96. The van der Waals surface area contributed by atoms with Crippen molar-refractivity contribution in [3.63, 3.8) is 0 Å². The minimum absolute atomic E-state index is 0.711. The minimum atomic E-state index is 0.711. The van der Waals surface area contributed by atoms with Crippen molar-refractivity contribution in [2.24, 2.45) is 0 Å². The van der Waals surface area contributed by atoms with Crippen LogP contribution in [0, 0.1) is 11.3 Å². The fourth-order valence-corrected chi connectivity index (χ4v) is 1.42. The molecule has 0 spiro atoms. The molecule has 1 N–H and O–H groups in total. The molecule has 0 amide bonds. The van der Waals surface area contributed by atoms with E-state index in [9.17, 15) is 0 Å². The molecular weight excluding hydrogens is 147 g/mol. The van der Waals surface area contributed by atoms with Gasteiger partial charge in [0.25, 0.3) is 0 Å². The molecule has 0 aliphatic carbocycles. The van der Waals surface area contributed by atoms with Gasteiger partial charge in [-0.3, -0.25) is 0 Å². The molecule has 2 nitrogen and oxygen atoms in total. The van der Waals surface area contributed by atoms with Crippen LogP contribution in [-0.4, -0.2) is 12.8 Å². The third-order valence-electron chi connectivity index (χ3n) is 2.00. The van der Waals surface area contributed by atoms with Gasteiger partial charge in [-0.15, -0.1) is 0 Å². The van der Waals surface area contributed by atoms with Crippen LogP contribution in [0.25, 0.3) is 10.9 Å². The smallest absolute Gasteiger partial charge is 0.140 e. The summed E-state index contributed by atoms with van der Waals surface area (Å²) in [6.07, 6.45) is 1.89. The van der Waals surface area contributed by atoms with Gasteiger partial charge in [0, 0.05) is 11.7 Å². The molecule has 0 atom stereocenters. The summed E-state index contributed by atoms with van der Waals surface area (Å²) in [4.78, 5) is 3.08. The Morgan fingerprint density at radius 2 is 2.25 bits per heavy atom. The van der Waals surface area contributed by atoms with E-state index in [4.69, 9.17) is 5.26 Å². The van der Waals surface area contributed by atoms with E-state index in [1.165, 1.54) is 5.39 Å². The van der Waals surface area contributed by atoms with Gasteiger partial charge in [-0.1, -0.05) is 11.5 Å². The number of nitrogens with one attached hydrogen (secondary N) is 1. The van der Waals surface area contributed by atoms with Crippen LogP contribution < -0.4 is 5.46 Å². The molecule has 1 heterocycles. The Bertz CT molecular complexity index is 465. The van der Waals surface area contributed by atoms with E-state index in [-0.39, 0.29) is 0 Å². The molecule has 0 fully saturated rings. The van der Waals surface area contributed by atoms with Crippen LogP contribution in [-0.2, 0) is 0 Å². The maximum absolute atomic E-state index is 8.70. The highest BCUT2D eigenvalue weighted by molar-refractivity contribution is 6.38. The SMILES string of the molecule is Bc1cc(C#N)cc2[nH]ccc12. The predicted octanol–water partition coefficient (Wildman–Crippen LogP) is 0.298.